The number of aliphatic hydroxyl groups excluding tert-OH is 1. The van der Waals surface area contributed by atoms with Crippen LogP contribution in [-0.4, -0.2) is 62.2 Å². The van der Waals surface area contributed by atoms with E-state index in [1.54, 1.807) is 7.11 Å². The zero-order chi connectivity index (χ0) is 24.4. The van der Waals surface area contributed by atoms with Gasteiger partial charge in [-0.1, -0.05) is 24.6 Å². The summed E-state index contributed by atoms with van der Waals surface area (Å²) in [6, 6.07) is 0. The summed E-state index contributed by atoms with van der Waals surface area (Å²) >= 11 is 0. The summed E-state index contributed by atoms with van der Waals surface area (Å²) in [4.78, 5) is 11.4. The normalized spacial score (nSPS) is 45.1. The first-order chi connectivity index (χ1) is 16.8. The third-order valence-corrected chi connectivity index (χ3v) is 10.1. The zero-order valence-corrected chi connectivity index (χ0v) is 21.3. The van der Waals surface area contributed by atoms with Gasteiger partial charge in [-0.15, -0.1) is 6.58 Å². The van der Waals surface area contributed by atoms with Gasteiger partial charge in [-0.25, -0.2) is 9.78 Å². The van der Waals surface area contributed by atoms with Crippen molar-refractivity contribution in [3.05, 3.63) is 35.6 Å². The molecule has 6 aliphatic rings. The number of ether oxygens (including phenoxy) is 4. The van der Waals surface area contributed by atoms with E-state index in [-0.39, 0.29) is 29.1 Å². The third kappa shape index (κ3) is 3.53. The lowest BCUT2D eigenvalue weighted by atomic mass is 9.53. The van der Waals surface area contributed by atoms with Crippen LogP contribution in [0.1, 0.15) is 58.8 Å². The minimum absolute atomic E-state index is 0.0108. The van der Waals surface area contributed by atoms with Gasteiger partial charge < -0.3 is 24.1 Å². The van der Waals surface area contributed by atoms with Gasteiger partial charge >= 0.3 is 0 Å². The Bertz CT molecular complexity index is 928. The number of fused-ring (bicyclic) bond motifs is 3. The van der Waals surface area contributed by atoms with Crippen LogP contribution in [0.25, 0.3) is 0 Å². The van der Waals surface area contributed by atoms with E-state index in [9.17, 15) is 5.11 Å². The van der Waals surface area contributed by atoms with Crippen molar-refractivity contribution in [2.45, 2.75) is 89.0 Å². The number of allylic oxidation sites excluding steroid dienone is 2. The van der Waals surface area contributed by atoms with E-state index in [1.807, 2.05) is 0 Å². The van der Waals surface area contributed by atoms with Gasteiger partial charge in [0.15, 0.2) is 5.79 Å². The summed E-state index contributed by atoms with van der Waals surface area (Å²) in [5.74, 6) is 1.62. The standard InChI is InChI=1S/C28H40O7/c1-5-21(29)22(30-4)10-13-33-35-18-8-11-26(2)17(14-18)6-7-19-20(26)9-12-28-16-32-27(3)24(28)23(15-31-27)34-25(19)28/h5-6,18,20-24,29H,1,7-16H2,2-4H3. The molecule has 3 saturated heterocycles. The highest BCUT2D eigenvalue weighted by Gasteiger charge is 2.72. The van der Waals surface area contributed by atoms with E-state index in [1.165, 1.54) is 29.4 Å². The zero-order valence-electron chi connectivity index (χ0n) is 21.3. The molecule has 3 heterocycles. The number of hydrogen-bond acceptors (Lipinski definition) is 7. The summed E-state index contributed by atoms with van der Waals surface area (Å²) in [6.45, 7) is 9.92. The molecule has 1 N–H and O–H groups in total. The third-order valence-electron chi connectivity index (χ3n) is 10.1. The van der Waals surface area contributed by atoms with Gasteiger partial charge in [-0.05, 0) is 62.4 Å². The Morgan fingerprint density at radius 1 is 1.26 bits per heavy atom. The molecule has 3 aliphatic heterocycles. The van der Waals surface area contributed by atoms with E-state index in [4.69, 9.17) is 28.7 Å². The molecule has 7 nitrogen and oxygen atoms in total. The van der Waals surface area contributed by atoms with Gasteiger partial charge in [0, 0.05) is 13.5 Å². The van der Waals surface area contributed by atoms with Gasteiger partial charge in [0.05, 0.1) is 49.5 Å². The Kier molecular flexibility index (Phi) is 5.98. The second kappa shape index (κ2) is 8.67. The Morgan fingerprint density at radius 2 is 2.11 bits per heavy atom. The lowest BCUT2D eigenvalue weighted by Gasteiger charge is -2.51. The fraction of sp³-hybridized carbons (Fsp3) is 0.786. The monoisotopic (exact) mass is 488 g/mol. The minimum atomic E-state index is -0.704. The minimum Gasteiger partial charge on any atom is -0.491 e. The van der Waals surface area contributed by atoms with Crippen molar-refractivity contribution in [2.75, 3.05) is 26.9 Å². The summed E-state index contributed by atoms with van der Waals surface area (Å²) in [6.07, 6.45) is 9.87. The SMILES string of the molecule is C=CC(O)C(CCOOC1CCC2(C)C(=CCC3=C4OC5COC6(C)OCC4(CCC32)C56)C1)OC. The van der Waals surface area contributed by atoms with E-state index >= 15 is 0 Å². The number of hydrogen-bond donors (Lipinski definition) is 1. The highest BCUT2D eigenvalue weighted by atomic mass is 17.2. The predicted octanol–water partition coefficient (Wildman–Crippen LogP) is 4.22. The summed E-state index contributed by atoms with van der Waals surface area (Å²) in [5.41, 5.74) is 3.19. The maximum Gasteiger partial charge on any atom is 0.173 e. The average molecular weight is 489 g/mol. The quantitative estimate of drug-likeness (QED) is 0.237. The molecule has 6 rings (SSSR count). The fourth-order valence-corrected chi connectivity index (χ4v) is 8.23. The Labute approximate surface area is 208 Å². The first kappa shape index (κ1) is 24.1. The smallest absolute Gasteiger partial charge is 0.173 e. The van der Waals surface area contributed by atoms with Crippen molar-refractivity contribution in [2.24, 2.45) is 22.7 Å². The lowest BCUT2D eigenvalue weighted by molar-refractivity contribution is -0.330. The summed E-state index contributed by atoms with van der Waals surface area (Å²) in [7, 11) is 1.58. The molecule has 9 atom stereocenters. The predicted molar refractivity (Wildman–Crippen MR) is 128 cm³/mol. The molecule has 9 unspecified atom stereocenters. The second-order valence-electron chi connectivity index (χ2n) is 11.8. The fourth-order valence-electron chi connectivity index (χ4n) is 8.23. The highest BCUT2D eigenvalue weighted by Crippen LogP contribution is 2.68. The van der Waals surface area contributed by atoms with Crippen LogP contribution in [0.15, 0.2) is 35.6 Å². The van der Waals surface area contributed by atoms with Crippen molar-refractivity contribution in [3.8, 4) is 0 Å². The number of aliphatic hydroxyl groups is 1. The van der Waals surface area contributed by atoms with E-state index in [2.05, 4.69) is 26.5 Å². The van der Waals surface area contributed by atoms with Crippen LogP contribution < -0.4 is 0 Å². The molecule has 3 aliphatic carbocycles. The van der Waals surface area contributed by atoms with Gasteiger partial charge in [0.2, 0.25) is 0 Å². The van der Waals surface area contributed by atoms with Gasteiger partial charge in [0.1, 0.15) is 11.9 Å². The van der Waals surface area contributed by atoms with Crippen LogP contribution >= 0.6 is 0 Å². The largest absolute Gasteiger partial charge is 0.491 e. The molecule has 0 aromatic carbocycles. The first-order valence-electron chi connectivity index (χ1n) is 13.3. The molecule has 0 aromatic rings. The summed E-state index contributed by atoms with van der Waals surface area (Å²) < 4.78 is 24.3. The maximum absolute atomic E-state index is 9.90. The molecule has 0 aromatic heterocycles. The molecule has 7 heteroatoms. The van der Waals surface area contributed by atoms with Crippen LogP contribution in [0.3, 0.4) is 0 Å². The first-order valence-corrected chi connectivity index (χ1v) is 13.3. The van der Waals surface area contributed by atoms with Crippen LogP contribution in [0.2, 0.25) is 0 Å². The van der Waals surface area contributed by atoms with Crippen molar-refractivity contribution < 1.29 is 33.8 Å². The molecule has 4 fully saturated rings. The van der Waals surface area contributed by atoms with E-state index < -0.39 is 11.9 Å². The van der Waals surface area contributed by atoms with E-state index in [0.717, 1.165) is 38.7 Å². The van der Waals surface area contributed by atoms with Crippen LogP contribution in [-0.2, 0) is 28.7 Å². The molecule has 194 valence electrons. The molecular weight excluding hydrogens is 448 g/mol. The van der Waals surface area contributed by atoms with Crippen LogP contribution in [0.5, 0.6) is 0 Å². The summed E-state index contributed by atoms with van der Waals surface area (Å²) in [5, 5.41) is 9.90. The molecule has 1 spiro atoms. The van der Waals surface area contributed by atoms with Crippen molar-refractivity contribution in [1.29, 1.82) is 0 Å². The Hall–Kier alpha value is -1.22. The second-order valence-corrected chi connectivity index (χ2v) is 11.8. The maximum atomic E-state index is 9.90. The van der Waals surface area contributed by atoms with Gasteiger partial charge in [-0.2, -0.15) is 0 Å². The topological polar surface area (TPSA) is 75.6 Å². The Balaban J connectivity index is 1.13. The van der Waals surface area contributed by atoms with Crippen molar-refractivity contribution in [3.63, 3.8) is 0 Å². The van der Waals surface area contributed by atoms with Crippen molar-refractivity contribution in [1.82, 2.24) is 0 Å². The van der Waals surface area contributed by atoms with Crippen LogP contribution in [0.4, 0.5) is 0 Å². The molecule has 0 radical (unpaired) electrons. The highest BCUT2D eigenvalue weighted by molar-refractivity contribution is 5.40. The average Bonchev–Trinajstić information content (AvgIpc) is 3.48. The number of rotatable bonds is 8. The molecule has 0 bridgehead atoms. The van der Waals surface area contributed by atoms with E-state index in [0.29, 0.717) is 31.5 Å². The van der Waals surface area contributed by atoms with Gasteiger partial charge in [-0.3, -0.25) is 0 Å². The molecule has 1 saturated carbocycles. The molecular formula is C28H40O7. The molecule has 0 amide bonds. The number of methoxy groups -OCH3 is 1. The van der Waals surface area contributed by atoms with Crippen LogP contribution in [0, 0.1) is 22.7 Å². The van der Waals surface area contributed by atoms with Gasteiger partial charge in [0.25, 0.3) is 0 Å². The molecule has 35 heavy (non-hydrogen) atoms. The van der Waals surface area contributed by atoms with Crippen molar-refractivity contribution >= 4 is 0 Å². The Morgan fingerprint density at radius 3 is 2.91 bits per heavy atom. The lowest BCUT2D eigenvalue weighted by Crippen LogP contribution is -2.45.